The number of aliphatic imine (C=N–C) groups is 1. The first-order valence-electron chi connectivity index (χ1n) is 8.43. The van der Waals surface area contributed by atoms with Crippen molar-refractivity contribution < 1.29 is 9.59 Å². The normalized spacial score (nSPS) is 18.3. The monoisotopic (exact) mass is 349 g/mol. The Labute approximate surface area is 151 Å². The third-order valence-corrected chi connectivity index (χ3v) is 4.62. The van der Waals surface area contributed by atoms with Crippen LogP contribution < -0.4 is 21.1 Å². The first kappa shape index (κ1) is 16.3. The zero-order valence-electron chi connectivity index (χ0n) is 14.3. The summed E-state index contributed by atoms with van der Waals surface area (Å²) in [6, 6.07) is 15.1. The summed E-state index contributed by atoms with van der Waals surface area (Å²) in [7, 11) is 0. The molecule has 0 fully saturated rings. The number of fused-ring (bicyclic) bond motifs is 3. The summed E-state index contributed by atoms with van der Waals surface area (Å²) in [6.45, 7) is 2.36. The summed E-state index contributed by atoms with van der Waals surface area (Å²) in [5, 5.41) is 4.24. The molecule has 26 heavy (non-hydrogen) atoms. The average molecular weight is 349 g/mol. The number of carbonyl (C=O) groups is 2. The first-order chi connectivity index (χ1) is 12.5. The number of para-hydroxylation sites is 2. The fourth-order valence-electron chi connectivity index (χ4n) is 3.25. The number of aryl methyl sites for hydroxylation is 1. The predicted molar refractivity (Wildman–Crippen MR) is 101 cm³/mol. The second-order valence-electron chi connectivity index (χ2n) is 6.53. The quantitative estimate of drug-likeness (QED) is 0.828. The number of amides is 2. The van der Waals surface area contributed by atoms with Crippen LogP contribution in [-0.2, 0) is 9.59 Å². The molecule has 2 aliphatic rings. The first-order valence-corrected chi connectivity index (χ1v) is 8.43. The van der Waals surface area contributed by atoms with E-state index < -0.39 is 5.92 Å². The molecule has 0 aliphatic carbocycles. The molecule has 1 unspecified atom stereocenters. The molecule has 2 aromatic rings. The van der Waals surface area contributed by atoms with Crippen LogP contribution in [0.5, 0.6) is 0 Å². The highest BCUT2D eigenvalue weighted by molar-refractivity contribution is 6.20. The van der Waals surface area contributed by atoms with Crippen LogP contribution in [0.3, 0.4) is 0 Å². The zero-order chi connectivity index (χ0) is 18.3. The van der Waals surface area contributed by atoms with E-state index in [1.165, 1.54) is 5.01 Å². The van der Waals surface area contributed by atoms with Gasteiger partial charge in [-0.05, 0) is 31.2 Å². The topological polar surface area (TPSA) is 91.0 Å². The molecule has 2 heterocycles. The maximum atomic E-state index is 12.4. The van der Waals surface area contributed by atoms with Gasteiger partial charge in [-0.1, -0.05) is 29.8 Å². The van der Waals surface area contributed by atoms with Gasteiger partial charge in [-0.2, -0.15) is 4.99 Å². The van der Waals surface area contributed by atoms with Gasteiger partial charge < -0.3 is 10.2 Å². The summed E-state index contributed by atoms with van der Waals surface area (Å²) >= 11 is 0. The largest absolute Gasteiger partial charge is 0.326 e. The van der Waals surface area contributed by atoms with E-state index in [9.17, 15) is 9.59 Å². The zero-order valence-corrected chi connectivity index (χ0v) is 14.3. The van der Waals surface area contributed by atoms with Crippen molar-refractivity contribution in [3.63, 3.8) is 0 Å². The summed E-state index contributed by atoms with van der Waals surface area (Å²) in [5.41, 5.74) is 3.52. The van der Waals surface area contributed by atoms with Gasteiger partial charge in [0, 0.05) is 18.7 Å². The minimum absolute atomic E-state index is 0.0761. The molecule has 0 aromatic heterocycles. The maximum Gasteiger partial charge on any atom is 0.254 e. The third-order valence-electron chi connectivity index (χ3n) is 4.62. The van der Waals surface area contributed by atoms with Crippen LogP contribution in [0.2, 0.25) is 0 Å². The number of rotatable bonds is 3. The highest BCUT2D eigenvalue weighted by Crippen LogP contribution is 2.37. The average Bonchev–Trinajstić information content (AvgIpc) is 2.90. The van der Waals surface area contributed by atoms with Gasteiger partial charge in [0.2, 0.25) is 11.9 Å². The van der Waals surface area contributed by atoms with Crippen molar-refractivity contribution in [1.29, 1.82) is 0 Å². The molecule has 2 aliphatic heterocycles. The molecule has 132 valence electrons. The van der Waals surface area contributed by atoms with Gasteiger partial charge in [0.05, 0.1) is 17.3 Å². The van der Waals surface area contributed by atoms with Gasteiger partial charge in [0.15, 0.2) is 0 Å². The van der Waals surface area contributed by atoms with Gasteiger partial charge >= 0.3 is 0 Å². The van der Waals surface area contributed by atoms with Crippen LogP contribution >= 0.6 is 0 Å². The van der Waals surface area contributed by atoms with Crippen molar-refractivity contribution in [3.8, 4) is 0 Å². The molecule has 3 N–H and O–H groups in total. The standard InChI is InChI=1S/C19H19N5O2/c1-12-6-8-14(9-7-12)21-17(25)10-13-11-23-15-4-2-3-5-16(15)24(20)19(23)22-18(13)26/h2-9,13H,10-11,20H2,1H3,(H,21,25). The van der Waals surface area contributed by atoms with E-state index in [-0.39, 0.29) is 18.2 Å². The summed E-state index contributed by atoms with van der Waals surface area (Å²) in [4.78, 5) is 30.7. The Balaban J connectivity index is 1.49. The van der Waals surface area contributed by atoms with E-state index in [4.69, 9.17) is 5.84 Å². The van der Waals surface area contributed by atoms with E-state index in [0.717, 1.165) is 16.9 Å². The molecule has 1 atom stereocenters. The fourth-order valence-corrected chi connectivity index (χ4v) is 3.25. The molecule has 0 bridgehead atoms. The van der Waals surface area contributed by atoms with Gasteiger partial charge in [0.1, 0.15) is 0 Å². The van der Waals surface area contributed by atoms with E-state index >= 15 is 0 Å². The molecule has 2 aromatic carbocycles. The molecule has 7 nitrogen and oxygen atoms in total. The van der Waals surface area contributed by atoms with Crippen molar-refractivity contribution in [1.82, 2.24) is 0 Å². The Kier molecular flexibility index (Phi) is 3.93. The smallest absolute Gasteiger partial charge is 0.254 e. The van der Waals surface area contributed by atoms with Crippen LogP contribution in [0.15, 0.2) is 53.5 Å². The van der Waals surface area contributed by atoms with Crippen LogP contribution in [0, 0.1) is 12.8 Å². The lowest BCUT2D eigenvalue weighted by molar-refractivity contribution is -0.126. The number of nitrogens with two attached hydrogens (primary N) is 1. The Hall–Kier alpha value is -3.19. The lowest BCUT2D eigenvalue weighted by atomic mass is 10.0. The number of guanidine groups is 1. The van der Waals surface area contributed by atoms with E-state index in [2.05, 4.69) is 10.3 Å². The van der Waals surface area contributed by atoms with E-state index in [1.807, 2.05) is 60.4 Å². The van der Waals surface area contributed by atoms with Gasteiger partial charge in [-0.15, -0.1) is 0 Å². The maximum absolute atomic E-state index is 12.4. The number of nitrogens with zero attached hydrogens (tertiary/aromatic N) is 3. The summed E-state index contributed by atoms with van der Waals surface area (Å²) in [6.07, 6.45) is 0.0761. The molecular formula is C19H19N5O2. The molecule has 0 saturated heterocycles. The number of hydrazine groups is 1. The third kappa shape index (κ3) is 2.82. The van der Waals surface area contributed by atoms with Crippen LogP contribution in [0.25, 0.3) is 0 Å². The molecule has 7 heteroatoms. The highest BCUT2D eigenvalue weighted by atomic mass is 16.2. The number of nitrogens with one attached hydrogen (secondary N) is 1. The Bertz CT molecular complexity index is 906. The van der Waals surface area contributed by atoms with Crippen LogP contribution in [0.1, 0.15) is 12.0 Å². The molecule has 0 radical (unpaired) electrons. The molecular weight excluding hydrogens is 330 g/mol. The minimum Gasteiger partial charge on any atom is -0.326 e. The molecule has 0 saturated carbocycles. The predicted octanol–water partition coefficient (Wildman–Crippen LogP) is 2.04. The highest BCUT2D eigenvalue weighted by Gasteiger charge is 2.39. The number of anilines is 3. The number of hydrogen-bond acceptors (Lipinski definition) is 5. The SMILES string of the molecule is Cc1ccc(NC(=O)CC2CN3C(=NC2=O)N(N)c2ccccc23)cc1. The van der Waals surface area contributed by atoms with Crippen molar-refractivity contribution >= 4 is 34.8 Å². The van der Waals surface area contributed by atoms with E-state index in [1.54, 1.807) is 0 Å². The fraction of sp³-hybridized carbons (Fsp3) is 0.211. The van der Waals surface area contributed by atoms with Crippen LogP contribution in [-0.4, -0.2) is 24.3 Å². The Morgan fingerprint density at radius 1 is 1.19 bits per heavy atom. The van der Waals surface area contributed by atoms with Crippen molar-refractivity contribution in [2.75, 3.05) is 21.8 Å². The molecule has 2 amide bonds. The van der Waals surface area contributed by atoms with Gasteiger partial charge in [-0.3, -0.25) is 9.59 Å². The van der Waals surface area contributed by atoms with Gasteiger partial charge in [0.25, 0.3) is 5.91 Å². The molecule has 0 spiro atoms. The lowest BCUT2D eigenvalue weighted by Crippen LogP contribution is -2.49. The minimum atomic E-state index is -0.510. The number of carbonyl (C=O) groups excluding carboxylic acids is 2. The number of hydrogen-bond donors (Lipinski definition) is 2. The lowest BCUT2D eigenvalue weighted by Gasteiger charge is -2.28. The van der Waals surface area contributed by atoms with E-state index in [0.29, 0.717) is 18.2 Å². The Morgan fingerprint density at radius 2 is 1.88 bits per heavy atom. The van der Waals surface area contributed by atoms with Crippen molar-refractivity contribution in [3.05, 3.63) is 54.1 Å². The number of benzene rings is 2. The van der Waals surface area contributed by atoms with Gasteiger partial charge in [-0.25, -0.2) is 10.9 Å². The van der Waals surface area contributed by atoms with Crippen molar-refractivity contribution in [2.45, 2.75) is 13.3 Å². The second kappa shape index (κ2) is 6.27. The Morgan fingerprint density at radius 3 is 2.62 bits per heavy atom. The summed E-state index contributed by atoms with van der Waals surface area (Å²) < 4.78 is 0. The molecule has 4 rings (SSSR count). The summed E-state index contributed by atoms with van der Waals surface area (Å²) in [5.74, 6) is 5.43. The van der Waals surface area contributed by atoms with Crippen LogP contribution in [0.4, 0.5) is 17.1 Å². The van der Waals surface area contributed by atoms with Crippen molar-refractivity contribution in [2.24, 2.45) is 16.8 Å². The second-order valence-corrected chi connectivity index (χ2v) is 6.53.